The Balaban J connectivity index is 2.69. The van der Waals surface area contributed by atoms with E-state index in [-0.39, 0.29) is 34.7 Å². The zero-order valence-corrected chi connectivity index (χ0v) is 11.1. The molecule has 0 saturated heterocycles. The predicted octanol–water partition coefficient (Wildman–Crippen LogP) is 2.64. The minimum atomic E-state index is -0.660. The second-order valence-electron chi connectivity index (χ2n) is 4.06. The average molecular weight is 285 g/mol. The van der Waals surface area contributed by atoms with Crippen LogP contribution in [0, 0.1) is 21.4 Å². The number of aromatic amines is 1. The van der Waals surface area contributed by atoms with Crippen molar-refractivity contribution in [2.24, 2.45) is 0 Å². The summed E-state index contributed by atoms with van der Waals surface area (Å²) in [6.07, 6.45) is 1.33. The van der Waals surface area contributed by atoms with Crippen molar-refractivity contribution in [3.63, 3.8) is 0 Å². The summed E-state index contributed by atoms with van der Waals surface area (Å²) < 4.78 is 4.90. The van der Waals surface area contributed by atoms with Gasteiger partial charge in [0.2, 0.25) is 0 Å². The molecule has 0 fully saturated rings. The Bertz CT molecular complexity index is 743. The predicted molar refractivity (Wildman–Crippen MR) is 73.6 cm³/mol. The quantitative estimate of drug-likeness (QED) is 0.527. The van der Waals surface area contributed by atoms with Gasteiger partial charge in [0.25, 0.3) is 5.69 Å². The van der Waals surface area contributed by atoms with E-state index in [2.05, 4.69) is 4.98 Å². The summed E-state index contributed by atoms with van der Waals surface area (Å²) in [6.45, 7) is 1.81. The van der Waals surface area contributed by atoms with Gasteiger partial charge in [-0.2, -0.15) is 5.26 Å². The van der Waals surface area contributed by atoms with E-state index in [1.807, 2.05) is 6.07 Å². The Morgan fingerprint density at radius 3 is 2.81 bits per heavy atom. The summed E-state index contributed by atoms with van der Waals surface area (Å²) in [5.41, 5.74) is 0.376. The van der Waals surface area contributed by atoms with Crippen molar-refractivity contribution in [1.82, 2.24) is 4.98 Å². The summed E-state index contributed by atoms with van der Waals surface area (Å²) >= 11 is 0. The van der Waals surface area contributed by atoms with E-state index in [1.54, 1.807) is 13.0 Å². The Kier molecular flexibility index (Phi) is 4.00. The van der Waals surface area contributed by atoms with Crippen LogP contribution in [0.4, 0.5) is 5.69 Å². The van der Waals surface area contributed by atoms with Crippen molar-refractivity contribution < 1.29 is 14.5 Å². The minimum Gasteiger partial charge on any atom is -0.461 e. The monoisotopic (exact) mass is 285 g/mol. The molecule has 7 nitrogen and oxygen atoms in total. The molecule has 7 heteroatoms. The lowest BCUT2D eigenvalue weighted by Crippen LogP contribution is -2.07. The number of esters is 1. The van der Waals surface area contributed by atoms with Crippen LogP contribution >= 0.6 is 0 Å². The maximum atomic E-state index is 11.9. The van der Waals surface area contributed by atoms with Gasteiger partial charge < -0.3 is 9.72 Å². The van der Waals surface area contributed by atoms with E-state index < -0.39 is 10.9 Å². The van der Waals surface area contributed by atoms with Crippen molar-refractivity contribution in [1.29, 1.82) is 5.26 Å². The van der Waals surface area contributed by atoms with Crippen LogP contribution in [0.1, 0.15) is 23.0 Å². The summed E-state index contributed by atoms with van der Waals surface area (Å²) in [7, 11) is 0. The van der Waals surface area contributed by atoms with E-state index in [0.717, 1.165) is 0 Å². The third-order valence-electron chi connectivity index (χ3n) is 2.85. The number of benzene rings is 1. The Hall–Kier alpha value is -3.14. The van der Waals surface area contributed by atoms with E-state index in [1.165, 1.54) is 24.4 Å². The van der Waals surface area contributed by atoms with Crippen LogP contribution in [0.25, 0.3) is 11.1 Å². The van der Waals surface area contributed by atoms with Crippen LogP contribution in [0.3, 0.4) is 0 Å². The maximum absolute atomic E-state index is 11.9. The number of nitro benzene ring substituents is 1. The summed E-state index contributed by atoms with van der Waals surface area (Å²) in [5.74, 6) is -0.660. The first-order valence-electron chi connectivity index (χ1n) is 6.12. The number of aromatic nitrogens is 1. The highest BCUT2D eigenvalue weighted by Crippen LogP contribution is 2.34. The maximum Gasteiger partial charge on any atom is 0.355 e. The number of nitrogens with zero attached hydrogens (tertiary/aromatic N) is 2. The molecule has 0 spiro atoms. The van der Waals surface area contributed by atoms with Gasteiger partial charge in [-0.3, -0.25) is 10.1 Å². The molecule has 0 bridgehead atoms. The number of hydrogen-bond donors (Lipinski definition) is 1. The van der Waals surface area contributed by atoms with E-state index >= 15 is 0 Å². The highest BCUT2D eigenvalue weighted by molar-refractivity contribution is 5.99. The zero-order valence-electron chi connectivity index (χ0n) is 11.1. The summed E-state index contributed by atoms with van der Waals surface area (Å²) in [5, 5.41) is 20.3. The first-order valence-corrected chi connectivity index (χ1v) is 6.12. The highest BCUT2D eigenvalue weighted by Gasteiger charge is 2.25. The molecule has 0 radical (unpaired) electrons. The fraction of sp³-hybridized carbons (Fsp3) is 0.143. The van der Waals surface area contributed by atoms with Gasteiger partial charge >= 0.3 is 5.97 Å². The fourth-order valence-corrected chi connectivity index (χ4v) is 2.00. The number of para-hydroxylation sites is 1. The molecule has 0 aliphatic carbocycles. The zero-order chi connectivity index (χ0) is 15.4. The Labute approximate surface area is 119 Å². The molecule has 2 aromatic rings. The number of nitro groups is 1. The first-order chi connectivity index (χ1) is 10.1. The SMILES string of the molecule is CCOC(=O)c1[nH]cc(C#N)c1-c1ccccc1[N+](=O)[O-]. The third-order valence-corrected chi connectivity index (χ3v) is 2.85. The standard InChI is InChI=1S/C14H11N3O4/c1-2-21-14(18)13-12(9(7-15)8-16-13)10-5-3-4-6-11(10)17(19)20/h3-6,8,16H,2H2,1H3. The van der Waals surface area contributed by atoms with Crippen LogP contribution in [0.15, 0.2) is 30.5 Å². The van der Waals surface area contributed by atoms with Crippen molar-refractivity contribution >= 4 is 11.7 Å². The molecule has 1 heterocycles. The number of nitrogens with one attached hydrogen (secondary N) is 1. The van der Waals surface area contributed by atoms with Gasteiger partial charge in [-0.25, -0.2) is 4.79 Å². The molecule has 1 aromatic carbocycles. The lowest BCUT2D eigenvalue weighted by atomic mass is 10.00. The molecule has 2 rings (SSSR count). The van der Waals surface area contributed by atoms with Gasteiger partial charge in [-0.05, 0) is 13.0 Å². The van der Waals surface area contributed by atoms with E-state index in [9.17, 15) is 14.9 Å². The second kappa shape index (κ2) is 5.88. The van der Waals surface area contributed by atoms with Crippen LogP contribution < -0.4 is 0 Å². The smallest absolute Gasteiger partial charge is 0.355 e. The van der Waals surface area contributed by atoms with Gasteiger partial charge in [-0.15, -0.1) is 0 Å². The first kappa shape index (κ1) is 14.3. The number of carbonyl (C=O) groups excluding carboxylic acids is 1. The van der Waals surface area contributed by atoms with Gasteiger partial charge in [0, 0.05) is 17.8 Å². The number of hydrogen-bond acceptors (Lipinski definition) is 5. The van der Waals surface area contributed by atoms with Crippen LogP contribution in [-0.4, -0.2) is 22.5 Å². The second-order valence-corrected chi connectivity index (χ2v) is 4.06. The summed E-state index contributed by atoms with van der Waals surface area (Å²) in [4.78, 5) is 25.1. The van der Waals surface area contributed by atoms with Crippen molar-refractivity contribution in [2.45, 2.75) is 6.92 Å². The molecular formula is C14H11N3O4. The molecule has 21 heavy (non-hydrogen) atoms. The van der Waals surface area contributed by atoms with Gasteiger partial charge in [0.15, 0.2) is 0 Å². The number of rotatable bonds is 4. The molecule has 0 atom stereocenters. The molecule has 0 saturated carbocycles. The molecule has 0 unspecified atom stereocenters. The number of carbonyl (C=O) groups is 1. The number of ether oxygens (including phenoxy) is 1. The van der Waals surface area contributed by atoms with Gasteiger partial charge in [0.1, 0.15) is 11.8 Å². The van der Waals surface area contributed by atoms with E-state index in [0.29, 0.717) is 0 Å². The van der Waals surface area contributed by atoms with Crippen LogP contribution in [0.2, 0.25) is 0 Å². The fourth-order valence-electron chi connectivity index (χ4n) is 2.00. The lowest BCUT2D eigenvalue weighted by Gasteiger charge is -2.05. The van der Waals surface area contributed by atoms with Crippen LogP contribution in [0.5, 0.6) is 0 Å². The minimum absolute atomic E-state index is 0.0303. The Morgan fingerprint density at radius 1 is 1.48 bits per heavy atom. The lowest BCUT2D eigenvalue weighted by molar-refractivity contribution is -0.384. The molecule has 0 amide bonds. The van der Waals surface area contributed by atoms with Crippen LogP contribution in [-0.2, 0) is 4.74 Å². The average Bonchev–Trinajstić information content (AvgIpc) is 2.91. The third kappa shape index (κ3) is 2.60. The highest BCUT2D eigenvalue weighted by atomic mass is 16.6. The van der Waals surface area contributed by atoms with Crippen molar-refractivity contribution in [2.75, 3.05) is 6.61 Å². The molecule has 106 valence electrons. The summed E-state index contributed by atoms with van der Waals surface area (Å²) in [6, 6.07) is 7.85. The normalized spacial score (nSPS) is 9.90. The Morgan fingerprint density at radius 2 is 2.19 bits per heavy atom. The van der Waals surface area contributed by atoms with Gasteiger partial charge in [0.05, 0.1) is 22.7 Å². The molecule has 0 aliphatic rings. The number of nitriles is 1. The van der Waals surface area contributed by atoms with Crippen molar-refractivity contribution in [3.05, 3.63) is 51.8 Å². The van der Waals surface area contributed by atoms with Gasteiger partial charge in [-0.1, -0.05) is 12.1 Å². The molecular weight excluding hydrogens is 274 g/mol. The topological polar surface area (TPSA) is 109 Å². The van der Waals surface area contributed by atoms with E-state index in [4.69, 9.17) is 10.00 Å². The van der Waals surface area contributed by atoms with Crippen molar-refractivity contribution in [3.8, 4) is 17.2 Å². The molecule has 1 aromatic heterocycles. The molecule has 1 N–H and O–H groups in total. The number of H-pyrrole nitrogens is 1. The largest absolute Gasteiger partial charge is 0.461 e. The molecule has 0 aliphatic heterocycles.